The minimum absolute atomic E-state index is 0.175. The molecule has 0 unspecified atom stereocenters. The van der Waals surface area contributed by atoms with Gasteiger partial charge in [0.1, 0.15) is 0 Å². The third-order valence-electron chi connectivity index (χ3n) is 2.74. The third kappa shape index (κ3) is 2.06. The van der Waals surface area contributed by atoms with Crippen molar-refractivity contribution in [2.24, 2.45) is 0 Å². The molecule has 88 valence electrons. The van der Waals surface area contributed by atoms with E-state index in [0.29, 0.717) is 5.52 Å². The topological polar surface area (TPSA) is 70.2 Å². The SMILES string of the molecule is CC(C)c1cc(=O)[nH]c2cc(C(=O)O)ccc12. The van der Waals surface area contributed by atoms with Crippen molar-refractivity contribution in [2.45, 2.75) is 19.8 Å². The monoisotopic (exact) mass is 231 g/mol. The minimum Gasteiger partial charge on any atom is -0.478 e. The van der Waals surface area contributed by atoms with E-state index < -0.39 is 5.97 Å². The lowest BCUT2D eigenvalue weighted by molar-refractivity contribution is 0.0697. The maximum absolute atomic E-state index is 11.5. The maximum Gasteiger partial charge on any atom is 0.335 e. The number of H-pyrrole nitrogens is 1. The van der Waals surface area contributed by atoms with Crippen molar-refractivity contribution in [1.82, 2.24) is 4.98 Å². The van der Waals surface area contributed by atoms with Gasteiger partial charge in [-0.15, -0.1) is 0 Å². The number of pyridine rings is 1. The van der Waals surface area contributed by atoms with Gasteiger partial charge in [-0.2, -0.15) is 0 Å². The molecule has 4 heteroatoms. The normalized spacial score (nSPS) is 11.0. The van der Waals surface area contributed by atoms with Crippen LogP contribution in [0, 0.1) is 0 Å². The van der Waals surface area contributed by atoms with E-state index in [0.717, 1.165) is 10.9 Å². The summed E-state index contributed by atoms with van der Waals surface area (Å²) in [7, 11) is 0. The zero-order valence-corrected chi connectivity index (χ0v) is 9.65. The molecule has 0 aliphatic rings. The first-order chi connectivity index (χ1) is 7.99. The molecule has 0 spiro atoms. The molecule has 0 bridgehead atoms. The van der Waals surface area contributed by atoms with Crippen LogP contribution in [0.4, 0.5) is 0 Å². The van der Waals surface area contributed by atoms with Crippen molar-refractivity contribution in [3.05, 3.63) is 45.7 Å². The molecular formula is C13H13NO3. The molecule has 2 aromatic rings. The molecule has 0 saturated heterocycles. The number of rotatable bonds is 2. The Morgan fingerprint density at radius 1 is 1.29 bits per heavy atom. The number of hydrogen-bond acceptors (Lipinski definition) is 2. The second-order valence-electron chi connectivity index (χ2n) is 4.31. The number of benzene rings is 1. The molecule has 0 fully saturated rings. The van der Waals surface area contributed by atoms with Crippen LogP contribution in [-0.2, 0) is 0 Å². The van der Waals surface area contributed by atoms with Crippen LogP contribution in [0.1, 0.15) is 35.7 Å². The number of aromatic amines is 1. The molecule has 0 aliphatic carbocycles. The van der Waals surface area contributed by atoms with Crippen LogP contribution in [0.25, 0.3) is 10.9 Å². The van der Waals surface area contributed by atoms with Gasteiger partial charge in [0.2, 0.25) is 5.56 Å². The Morgan fingerprint density at radius 2 is 2.00 bits per heavy atom. The largest absolute Gasteiger partial charge is 0.478 e. The lowest BCUT2D eigenvalue weighted by Gasteiger charge is -2.09. The Kier molecular flexibility index (Phi) is 2.71. The quantitative estimate of drug-likeness (QED) is 0.833. The third-order valence-corrected chi connectivity index (χ3v) is 2.74. The molecule has 2 rings (SSSR count). The number of hydrogen-bond donors (Lipinski definition) is 2. The molecule has 1 heterocycles. The smallest absolute Gasteiger partial charge is 0.335 e. The predicted molar refractivity (Wildman–Crippen MR) is 65.6 cm³/mol. The highest BCUT2D eigenvalue weighted by Crippen LogP contribution is 2.23. The average Bonchev–Trinajstić information content (AvgIpc) is 2.26. The summed E-state index contributed by atoms with van der Waals surface area (Å²) >= 11 is 0. The zero-order valence-electron chi connectivity index (χ0n) is 9.65. The fraction of sp³-hybridized carbons (Fsp3) is 0.231. The maximum atomic E-state index is 11.5. The molecular weight excluding hydrogens is 218 g/mol. The van der Waals surface area contributed by atoms with E-state index in [2.05, 4.69) is 4.98 Å². The Labute approximate surface area is 97.9 Å². The summed E-state index contributed by atoms with van der Waals surface area (Å²) in [5.74, 6) is -0.779. The van der Waals surface area contributed by atoms with Crippen molar-refractivity contribution in [2.75, 3.05) is 0 Å². The second-order valence-corrected chi connectivity index (χ2v) is 4.31. The van der Waals surface area contributed by atoms with Gasteiger partial charge in [0, 0.05) is 17.0 Å². The molecule has 0 aliphatic heterocycles. The van der Waals surface area contributed by atoms with Crippen LogP contribution in [0.2, 0.25) is 0 Å². The van der Waals surface area contributed by atoms with Crippen LogP contribution < -0.4 is 5.56 Å². The fourth-order valence-electron chi connectivity index (χ4n) is 1.90. The summed E-state index contributed by atoms with van der Waals surface area (Å²) < 4.78 is 0. The van der Waals surface area contributed by atoms with Gasteiger partial charge in [-0.05, 0) is 23.6 Å². The number of carboxylic acids is 1. The zero-order chi connectivity index (χ0) is 12.6. The van der Waals surface area contributed by atoms with Gasteiger partial charge in [0.15, 0.2) is 0 Å². The lowest BCUT2D eigenvalue weighted by Crippen LogP contribution is -2.08. The molecule has 0 radical (unpaired) electrons. The van der Waals surface area contributed by atoms with Crippen molar-refractivity contribution in [3.63, 3.8) is 0 Å². The number of carbonyl (C=O) groups is 1. The van der Waals surface area contributed by atoms with Gasteiger partial charge in [-0.3, -0.25) is 4.79 Å². The predicted octanol–water partition coefficient (Wildman–Crippen LogP) is 2.35. The first-order valence-electron chi connectivity index (χ1n) is 5.39. The number of carboxylic acid groups (broad SMARTS) is 1. The van der Waals surface area contributed by atoms with Gasteiger partial charge >= 0.3 is 5.97 Å². The van der Waals surface area contributed by atoms with Crippen molar-refractivity contribution >= 4 is 16.9 Å². The highest BCUT2D eigenvalue weighted by atomic mass is 16.4. The molecule has 17 heavy (non-hydrogen) atoms. The molecule has 0 amide bonds. The average molecular weight is 231 g/mol. The highest BCUT2D eigenvalue weighted by Gasteiger charge is 2.09. The summed E-state index contributed by atoms with van der Waals surface area (Å²) in [5, 5.41) is 9.79. The van der Waals surface area contributed by atoms with Crippen molar-refractivity contribution in [1.29, 1.82) is 0 Å². The molecule has 0 atom stereocenters. The summed E-state index contributed by atoms with van der Waals surface area (Å²) in [6.07, 6.45) is 0. The van der Waals surface area contributed by atoms with E-state index in [1.807, 2.05) is 13.8 Å². The van der Waals surface area contributed by atoms with Gasteiger partial charge in [-0.1, -0.05) is 19.9 Å². The first kappa shape index (κ1) is 11.4. The van der Waals surface area contributed by atoms with Crippen LogP contribution in [0.3, 0.4) is 0 Å². The Morgan fingerprint density at radius 3 is 2.59 bits per heavy atom. The standard InChI is InChI=1S/C13H13NO3/c1-7(2)10-6-12(15)14-11-5-8(13(16)17)3-4-9(10)11/h3-7H,1-2H3,(H,14,15)(H,16,17). The van der Waals surface area contributed by atoms with E-state index in [9.17, 15) is 9.59 Å². The van der Waals surface area contributed by atoms with Gasteiger partial charge < -0.3 is 10.1 Å². The molecule has 4 nitrogen and oxygen atoms in total. The van der Waals surface area contributed by atoms with Gasteiger partial charge in [0.05, 0.1) is 5.56 Å². The van der Waals surface area contributed by atoms with E-state index >= 15 is 0 Å². The van der Waals surface area contributed by atoms with Gasteiger partial charge in [0.25, 0.3) is 0 Å². The van der Waals surface area contributed by atoms with Crippen LogP contribution in [-0.4, -0.2) is 16.1 Å². The highest BCUT2D eigenvalue weighted by molar-refractivity contribution is 5.94. The van der Waals surface area contributed by atoms with Gasteiger partial charge in [-0.25, -0.2) is 4.79 Å². The summed E-state index contributed by atoms with van der Waals surface area (Å²) in [6.45, 7) is 4.00. The number of fused-ring (bicyclic) bond motifs is 1. The Balaban J connectivity index is 2.80. The second kappa shape index (κ2) is 4.05. The van der Waals surface area contributed by atoms with E-state index in [1.54, 1.807) is 18.2 Å². The summed E-state index contributed by atoms with van der Waals surface area (Å²) in [4.78, 5) is 25.0. The Hall–Kier alpha value is -2.10. The molecule has 1 aromatic carbocycles. The van der Waals surface area contributed by atoms with Crippen LogP contribution in [0.5, 0.6) is 0 Å². The van der Waals surface area contributed by atoms with E-state index in [4.69, 9.17) is 5.11 Å². The lowest BCUT2D eigenvalue weighted by atomic mass is 9.98. The van der Waals surface area contributed by atoms with Crippen molar-refractivity contribution < 1.29 is 9.90 Å². The number of nitrogens with one attached hydrogen (secondary N) is 1. The fourth-order valence-corrected chi connectivity index (χ4v) is 1.90. The molecule has 1 aromatic heterocycles. The first-order valence-corrected chi connectivity index (χ1v) is 5.39. The molecule has 2 N–H and O–H groups in total. The number of aromatic carboxylic acids is 1. The van der Waals surface area contributed by atoms with Crippen molar-refractivity contribution in [3.8, 4) is 0 Å². The molecule has 0 saturated carbocycles. The van der Waals surface area contributed by atoms with E-state index in [-0.39, 0.29) is 17.0 Å². The summed E-state index contributed by atoms with van der Waals surface area (Å²) in [5.41, 5.74) is 1.47. The summed E-state index contributed by atoms with van der Waals surface area (Å²) in [6, 6.07) is 6.34. The van der Waals surface area contributed by atoms with Crippen LogP contribution >= 0.6 is 0 Å². The van der Waals surface area contributed by atoms with E-state index in [1.165, 1.54) is 6.07 Å². The van der Waals surface area contributed by atoms with Crippen LogP contribution in [0.15, 0.2) is 29.1 Å². The minimum atomic E-state index is -0.998. The number of aromatic nitrogens is 1. The Bertz CT molecular complexity index is 641.